The summed E-state index contributed by atoms with van der Waals surface area (Å²) >= 11 is 0. The van der Waals surface area contributed by atoms with Crippen molar-refractivity contribution in [3.8, 4) is 0 Å². The molecule has 0 bridgehead atoms. The number of hydrogen-bond acceptors (Lipinski definition) is 4. The zero-order valence-corrected chi connectivity index (χ0v) is 15.1. The number of esters is 1. The van der Waals surface area contributed by atoms with Gasteiger partial charge in [-0.25, -0.2) is 9.78 Å². The Hall–Kier alpha value is -3.15. The molecule has 6 nitrogen and oxygen atoms in total. The molecule has 26 heavy (non-hydrogen) atoms. The monoisotopic (exact) mass is 351 g/mol. The Morgan fingerprint density at radius 2 is 2.00 bits per heavy atom. The summed E-state index contributed by atoms with van der Waals surface area (Å²) in [6, 6.07) is 10.6. The van der Waals surface area contributed by atoms with E-state index < -0.39 is 5.97 Å². The van der Waals surface area contributed by atoms with Crippen LogP contribution >= 0.6 is 0 Å². The molecule has 0 saturated heterocycles. The van der Waals surface area contributed by atoms with Gasteiger partial charge in [-0.15, -0.1) is 0 Å². The lowest BCUT2D eigenvalue weighted by molar-refractivity contribution is 0.0505. The van der Waals surface area contributed by atoms with Crippen molar-refractivity contribution in [1.82, 2.24) is 9.38 Å². The molecule has 0 spiro atoms. The Morgan fingerprint density at radius 1 is 1.19 bits per heavy atom. The number of carbonyl (C=O) groups excluding carboxylic acids is 2. The van der Waals surface area contributed by atoms with Crippen LogP contribution in [-0.2, 0) is 4.74 Å². The van der Waals surface area contributed by atoms with Gasteiger partial charge < -0.3 is 10.1 Å². The number of imidazole rings is 1. The molecule has 1 aromatic carbocycles. The molecule has 134 valence electrons. The minimum Gasteiger partial charge on any atom is -0.462 e. The molecule has 0 atom stereocenters. The first-order chi connectivity index (χ1) is 12.5. The van der Waals surface area contributed by atoms with Gasteiger partial charge in [0.15, 0.2) is 0 Å². The zero-order chi connectivity index (χ0) is 18.7. The van der Waals surface area contributed by atoms with Crippen molar-refractivity contribution in [2.75, 3.05) is 11.9 Å². The van der Waals surface area contributed by atoms with Crippen molar-refractivity contribution in [1.29, 1.82) is 0 Å². The number of fused-ring (bicyclic) bond motifs is 1. The van der Waals surface area contributed by atoms with E-state index in [0.717, 1.165) is 17.6 Å². The third-order valence-electron chi connectivity index (χ3n) is 3.96. The van der Waals surface area contributed by atoms with Crippen LogP contribution in [0, 0.1) is 13.8 Å². The van der Waals surface area contributed by atoms with Gasteiger partial charge in [0, 0.05) is 11.9 Å². The van der Waals surface area contributed by atoms with E-state index in [-0.39, 0.29) is 5.91 Å². The molecule has 3 rings (SSSR count). The van der Waals surface area contributed by atoms with Crippen molar-refractivity contribution in [2.45, 2.75) is 27.2 Å². The molecule has 0 unspecified atom stereocenters. The Bertz CT molecular complexity index is 976. The number of aryl methyl sites for hydroxylation is 2. The quantitative estimate of drug-likeness (QED) is 0.710. The maximum absolute atomic E-state index is 12.8. The number of pyridine rings is 1. The van der Waals surface area contributed by atoms with E-state index in [9.17, 15) is 9.59 Å². The molecular weight excluding hydrogens is 330 g/mol. The predicted octanol–water partition coefficient (Wildman–Crippen LogP) is 3.77. The number of anilines is 1. The molecular formula is C20H21N3O3. The van der Waals surface area contributed by atoms with E-state index >= 15 is 0 Å². The number of ether oxygens (including phenoxy) is 1. The van der Waals surface area contributed by atoms with Gasteiger partial charge in [-0.2, -0.15) is 0 Å². The van der Waals surface area contributed by atoms with Crippen LogP contribution in [0.25, 0.3) is 5.65 Å². The summed E-state index contributed by atoms with van der Waals surface area (Å²) < 4.78 is 6.89. The van der Waals surface area contributed by atoms with E-state index in [1.54, 1.807) is 35.6 Å². The number of nitrogens with zero attached hydrogens (tertiary/aromatic N) is 2. The van der Waals surface area contributed by atoms with Crippen LogP contribution in [0.3, 0.4) is 0 Å². The van der Waals surface area contributed by atoms with Crippen LogP contribution in [0.15, 0.2) is 42.6 Å². The highest BCUT2D eigenvalue weighted by molar-refractivity contribution is 6.05. The molecule has 0 aliphatic rings. The molecule has 0 fully saturated rings. The van der Waals surface area contributed by atoms with Crippen molar-refractivity contribution in [3.63, 3.8) is 0 Å². The minimum atomic E-state index is -0.399. The average Bonchev–Trinajstić information content (AvgIpc) is 2.94. The normalized spacial score (nSPS) is 10.7. The summed E-state index contributed by atoms with van der Waals surface area (Å²) in [5.74, 6) is -0.678. The SMILES string of the molecule is CCCOC(=O)c1cccc(NC(=O)c2c(C)nc3cc(C)ccn23)c1. The van der Waals surface area contributed by atoms with E-state index in [0.29, 0.717) is 29.2 Å². The van der Waals surface area contributed by atoms with Crippen LogP contribution in [0.5, 0.6) is 0 Å². The molecule has 0 aliphatic carbocycles. The second-order valence-corrected chi connectivity index (χ2v) is 6.15. The number of benzene rings is 1. The van der Waals surface area contributed by atoms with Crippen molar-refractivity contribution in [3.05, 3.63) is 65.1 Å². The molecule has 2 aromatic heterocycles. The van der Waals surface area contributed by atoms with Crippen molar-refractivity contribution in [2.24, 2.45) is 0 Å². The Balaban J connectivity index is 1.85. The highest BCUT2D eigenvalue weighted by Crippen LogP contribution is 2.17. The number of carbonyl (C=O) groups is 2. The smallest absolute Gasteiger partial charge is 0.338 e. The maximum Gasteiger partial charge on any atom is 0.338 e. The minimum absolute atomic E-state index is 0.280. The average molecular weight is 351 g/mol. The fourth-order valence-corrected chi connectivity index (χ4v) is 2.73. The predicted molar refractivity (Wildman–Crippen MR) is 99.6 cm³/mol. The summed E-state index contributed by atoms with van der Waals surface area (Å²) in [7, 11) is 0. The summed E-state index contributed by atoms with van der Waals surface area (Å²) in [5.41, 5.74) is 3.85. The van der Waals surface area contributed by atoms with Gasteiger partial charge in [0.25, 0.3) is 5.91 Å². The third kappa shape index (κ3) is 3.59. The van der Waals surface area contributed by atoms with E-state index in [4.69, 9.17) is 4.74 Å². The van der Waals surface area contributed by atoms with Gasteiger partial charge in [0.2, 0.25) is 0 Å². The Labute approximate surface area is 151 Å². The lowest BCUT2D eigenvalue weighted by atomic mass is 10.2. The summed E-state index contributed by atoms with van der Waals surface area (Å²) in [5, 5.41) is 2.84. The highest BCUT2D eigenvalue weighted by atomic mass is 16.5. The zero-order valence-electron chi connectivity index (χ0n) is 15.1. The van der Waals surface area contributed by atoms with E-state index in [1.807, 2.05) is 32.2 Å². The Kier molecular flexibility index (Phi) is 5.02. The molecule has 1 amide bonds. The molecule has 2 heterocycles. The van der Waals surface area contributed by atoms with Crippen LogP contribution in [0.1, 0.15) is 45.4 Å². The maximum atomic E-state index is 12.8. The third-order valence-corrected chi connectivity index (χ3v) is 3.96. The summed E-state index contributed by atoms with van der Waals surface area (Å²) in [6.07, 6.45) is 2.59. The summed E-state index contributed by atoms with van der Waals surface area (Å²) in [4.78, 5) is 29.2. The molecule has 6 heteroatoms. The molecule has 3 aromatic rings. The standard InChI is InChI=1S/C20H21N3O3/c1-4-10-26-20(25)15-6-5-7-16(12-15)22-19(24)18-14(3)21-17-11-13(2)8-9-23(17)18/h5-9,11-12H,4,10H2,1-3H3,(H,22,24). The number of hydrogen-bond donors (Lipinski definition) is 1. The van der Waals surface area contributed by atoms with Crippen LogP contribution in [0.2, 0.25) is 0 Å². The number of amides is 1. The largest absolute Gasteiger partial charge is 0.462 e. The van der Waals surface area contributed by atoms with Crippen molar-refractivity contribution >= 4 is 23.2 Å². The van der Waals surface area contributed by atoms with Gasteiger partial charge in [-0.05, 0) is 56.2 Å². The van der Waals surface area contributed by atoms with Crippen LogP contribution in [0.4, 0.5) is 5.69 Å². The number of nitrogens with one attached hydrogen (secondary N) is 1. The van der Waals surface area contributed by atoms with Crippen molar-refractivity contribution < 1.29 is 14.3 Å². The van der Waals surface area contributed by atoms with E-state index in [1.165, 1.54) is 0 Å². The molecule has 0 radical (unpaired) electrons. The van der Waals surface area contributed by atoms with E-state index in [2.05, 4.69) is 10.3 Å². The summed E-state index contributed by atoms with van der Waals surface area (Å²) in [6.45, 7) is 6.09. The first kappa shape index (κ1) is 17.7. The first-order valence-electron chi connectivity index (χ1n) is 8.53. The van der Waals surface area contributed by atoms with Crippen LogP contribution < -0.4 is 5.32 Å². The van der Waals surface area contributed by atoms with Crippen LogP contribution in [-0.4, -0.2) is 27.9 Å². The second-order valence-electron chi connectivity index (χ2n) is 6.15. The Morgan fingerprint density at radius 3 is 2.77 bits per heavy atom. The van der Waals surface area contributed by atoms with Gasteiger partial charge in [0.05, 0.1) is 17.9 Å². The molecule has 0 aliphatic heterocycles. The first-order valence-corrected chi connectivity index (χ1v) is 8.53. The lowest BCUT2D eigenvalue weighted by Crippen LogP contribution is -2.16. The van der Waals surface area contributed by atoms with Gasteiger partial charge in [-0.3, -0.25) is 9.20 Å². The van der Waals surface area contributed by atoms with Gasteiger partial charge in [-0.1, -0.05) is 13.0 Å². The highest BCUT2D eigenvalue weighted by Gasteiger charge is 2.17. The number of aromatic nitrogens is 2. The van der Waals surface area contributed by atoms with Gasteiger partial charge >= 0.3 is 5.97 Å². The molecule has 0 saturated carbocycles. The number of rotatable bonds is 5. The molecule has 1 N–H and O–H groups in total. The fourth-order valence-electron chi connectivity index (χ4n) is 2.73. The fraction of sp³-hybridized carbons (Fsp3) is 0.250. The van der Waals surface area contributed by atoms with Gasteiger partial charge in [0.1, 0.15) is 11.3 Å². The second kappa shape index (κ2) is 7.39. The topological polar surface area (TPSA) is 72.7 Å². The lowest BCUT2D eigenvalue weighted by Gasteiger charge is -2.08.